The summed E-state index contributed by atoms with van der Waals surface area (Å²) >= 11 is 0. The first-order valence-electron chi connectivity index (χ1n) is 48.5. The Kier molecular flexibility index (Phi) is 78.4. The van der Waals surface area contributed by atoms with Gasteiger partial charge in [-0.3, -0.25) is 19.6 Å². The molecule has 0 aliphatic carbocycles. The molecule has 114 heavy (non-hydrogen) atoms. The first-order chi connectivity index (χ1) is 52.2. The molecule has 6 aliphatic heterocycles. The normalized spacial score (nSPS) is 17.7. The SMILES string of the molecule is C.CC.CC.CC.CC.CC.CC.CC.CC(C)C1=CCN(CC(C)(C)C)CC1.CC(C)C1CCN(CC(C)(C)C)CC1.CC(C)CN1CCCN(C(C)(C)C)CC1.CC(C)N1CC=C(CC(C)(C)C)CC1.CC(C)N1CCC(CC(C)(C)C)CC1.CC(C)N1CCN(CC(C)(C)C)CC1.CC(C)c1ccc(CC(C)(C)C)cc1. The van der Waals surface area contributed by atoms with Crippen molar-refractivity contribution in [3.8, 4) is 0 Å². The zero-order valence-corrected chi connectivity index (χ0v) is 88.0. The third kappa shape index (κ3) is 74.2. The molecule has 0 radical (unpaired) electrons. The van der Waals surface area contributed by atoms with E-state index in [1.54, 1.807) is 11.1 Å². The summed E-state index contributed by atoms with van der Waals surface area (Å²) in [5.74, 6) is 5.01. The van der Waals surface area contributed by atoms with Crippen LogP contribution in [-0.4, -0.2) is 194 Å². The molecule has 0 amide bonds. The fourth-order valence-electron chi connectivity index (χ4n) is 15.2. The van der Waals surface area contributed by atoms with E-state index in [1.165, 1.54) is 187 Å². The van der Waals surface area contributed by atoms with Crippen molar-refractivity contribution >= 4 is 0 Å². The maximum absolute atomic E-state index is 2.64. The van der Waals surface area contributed by atoms with Gasteiger partial charge in [0, 0.05) is 115 Å². The molecule has 7 rings (SSSR count). The van der Waals surface area contributed by atoms with Gasteiger partial charge < -0.3 is 19.6 Å². The lowest BCUT2D eigenvalue weighted by atomic mass is 9.80. The fraction of sp³-hybridized carbons (Fsp3) is 0.906. The molecule has 0 N–H and O–H groups in total. The van der Waals surface area contributed by atoms with Crippen LogP contribution in [-0.2, 0) is 6.42 Å². The molecule has 0 unspecified atom stereocenters. The summed E-state index contributed by atoms with van der Waals surface area (Å²) in [6.07, 6.45) is 18.2. The Bertz CT molecular complexity index is 2150. The van der Waals surface area contributed by atoms with Crippen LogP contribution < -0.4 is 0 Å². The summed E-state index contributed by atoms with van der Waals surface area (Å²) in [5.41, 5.74) is 9.23. The average molecular weight is 1610 g/mol. The molecule has 1 aromatic rings. The summed E-state index contributed by atoms with van der Waals surface area (Å²) in [6, 6.07) is 11.2. The van der Waals surface area contributed by atoms with Gasteiger partial charge in [-0.25, -0.2) is 0 Å². The molecular formula is C106H226N8. The molecule has 690 valence electrons. The van der Waals surface area contributed by atoms with E-state index < -0.39 is 0 Å². The quantitative estimate of drug-likeness (QED) is 0.170. The van der Waals surface area contributed by atoms with Crippen molar-refractivity contribution in [2.24, 2.45) is 62.1 Å². The Morgan fingerprint density at radius 1 is 0.342 bits per heavy atom. The van der Waals surface area contributed by atoms with E-state index in [2.05, 4.69) is 318 Å². The summed E-state index contributed by atoms with van der Waals surface area (Å²) in [6.45, 7) is 134. The van der Waals surface area contributed by atoms with Crippen molar-refractivity contribution in [1.82, 2.24) is 39.2 Å². The average Bonchev–Trinajstić information content (AvgIpc) is 1.58. The molecule has 0 atom stereocenters. The molecule has 6 heterocycles. The second-order valence-corrected chi connectivity index (χ2v) is 42.5. The Morgan fingerprint density at radius 3 is 1.07 bits per heavy atom. The molecular weight excluding hydrogens is 1390 g/mol. The van der Waals surface area contributed by atoms with Crippen LogP contribution in [0.3, 0.4) is 0 Å². The van der Waals surface area contributed by atoms with Gasteiger partial charge in [-0.15, -0.1) is 0 Å². The minimum atomic E-state index is 0. The van der Waals surface area contributed by atoms with Gasteiger partial charge in [0.15, 0.2) is 0 Å². The Labute approximate surface area is 727 Å². The Morgan fingerprint density at radius 2 is 0.746 bits per heavy atom. The molecule has 8 heteroatoms. The van der Waals surface area contributed by atoms with Gasteiger partial charge in [-0.05, 0) is 245 Å². The van der Waals surface area contributed by atoms with E-state index in [0.29, 0.717) is 56.0 Å². The van der Waals surface area contributed by atoms with Crippen molar-refractivity contribution in [1.29, 1.82) is 0 Å². The van der Waals surface area contributed by atoms with Gasteiger partial charge in [0.1, 0.15) is 0 Å². The second kappa shape index (κ2) is 69.9. The van der Waals surface area contributed by atoms with E-state index in [4.69, 9.17) is 0 Å². The molecule has 0 spiro atoms. The summed E-state index contributed by atoms with van der Waals surface area (Å²) < 4.78 is 0. The lowest BCUT2D eigenvalue weighted by Crippen LogP contribution is -2.50. The molecule has 0 saturated carbocycles. The predicted octanol–water partition coefficient (Wildman–Crippen LogP) is 30.5. The van der Waals surface area contributed by atoms with Crippen molar-refractivity contribution < 1.29 is 0 Å². The topological polar surface area (TPSA) is 25.9 Å². The van der Waals surface area contributed by atoms with E-state index in [-0.39, 0.29) is 7.43 Å². The Balaban J connectivity index is -0.000000186. The smallest absolute Gasteiger partial charge is 0.0168 e. The highest BCUT2D eigenvalue weighted by Crippen LogP contribution is 2.33. The molecule has 0 aromatic heterocycles. The molecule has 8 nitrogen and oxygen atoms in total. The number of hydrogen-bond donors (Lipinski definition) is 0. The maximum Gasteiger partial charge on any atom is 0.0168 e. The van der Waals surface area contributed by atoms with Gasteiger partial charge in [-0.1, -0.05) is 332 Å². The number of benzene rings is 1. The van der Waals surface area contributed by atoms with Crippen molar-refractivity contribution in [2.45, 2.75) is 440 Å². The number of piperazine rings is 1. The van der Waals surface area contributed by atoms with E-state index in [1.807, 2.05) is 96.9 Å². The summed E-state index contributed by atoms with van der Waals surface area (Å²) in [7, 11) is 0. The number of nitrogens with zero attached hydrogens (tertiary/aromatic N) is 8. The van der Waals surface area contributed by atoms with Gasteiger partial charge in [-0.2, -0.15) is 0 Å². The molecule has 6 aliphatic rings. The van der Waals surface area contributed by atoms with Crippen molar-refractivity contribution in [2.75, 3.05) is 131 Å². The number of hydrogen-bond acceptors (Lipinski definition) is 8. The highest BCUT2D eigenvalue weighted by molar-refractivity contribution is 5.25. The molecule has 1 aromatic carbocycles. The first kappa shape index (κ1) is 128. The minimum absolute atomic E-state index is 0. The lowest BCUT2D eigenvalue weighted by molar-refractivity contribution is 0.0848. The van der Waals surface area contributed by atoms with Gasteiger partial charge in [0.25, 0.3) is 0 Å². The number of likely N-dealkylation sites (tertiary alicyclic amines) is 2. The van der Waals surface area contributed by atoms with E-state index in [0.717, 1.165) is 55.1 Å². The number of piperidine rings is 2. The zero-order chi connectivity index (χ0) is 90.1. The van der Waals surface area contributed by atoms with Crippen molar-refractivity contribution in [3.05, 3.63) is 58.7 Å². The van der Waals surface area contributed by atoms with Crippen LogP contribution in [0.15, 0.2) is 47.6 Å². The van der Waals surface area contributed by atoms with E-state index in [9.17, 15) is 0 Å². The Hall–Kier alpha value is -1.62. The zero-order valence-electron chi connectivity index (χ0n) is 88.0. The largest absolute Gasteiger partial charge is 0.303 e. The van der Waals surface area contributed by atoms with Crippen LogP contribution in [0.1, 0.15) is 422 Å². The van der Waals surface area contributed by atoms with E-state index >= 15 is 0 Å². The number of rotatable bonds is 14. The van der Waals surface area contributed by atoms with Gasteiger partial charge >= 0.3 is 0 Å². The van der Waals surface area contributed by atoms with Crippen molar-refractivity contribution in [3.63, 3.8) is 0 Å². The first-order valence-corrected chi connectivity index (χ1v) is 48.5. The lowest BCUT2D eigenvalue weighted by Gasteiger charge is -2.39. The molecule has 4 saturated heterocycles. The van der Waals surface area contributed by atoms with Crippen LogP contribution in [0.2, 0.25) is 0 Å². The maximum atomic E-state index is 2.64. The predicted molar refractivity (Wildman–Crippen MR) is 534 cm³/mol. The third-order valence-corrected chi connectivity index (χ3v) is 20.5. The third-order valence-electron chi connectivity index (χ3n) is 20.5. The monoisotopic (exact) mass is 1610 g/mol. The highest BCUT2D eigenvalue weighted by Gasteiger charge is 2.29. The summed E-state index contributed by atoms with van der Waals surface area (Å²) in [5, 5.41) is 0. The minimum Gasteiger partial charge on any atom is -0.303 e. The van der Waals surface area contributed by atoms with Crippen LogP contribution in [0.5, 0.6) is 0 Å². The molecule has 0 bridgehead atoms. The fourth-order valence-corrected chi connectivity index (χ4v) is 15.2. The van der Waals surface area contributed by atoms with Gasteiger partial charge in [0.2, 0.25) is 0 Å². The standard InChI is InChI=1S/C14H22.C13H28N2.C13H27N.C13H25N.C13H27N.C13H25N.C12H26N2.7C2H6.CH4/c1-11(2)13-8-6-12(7-9-13)10-14(3,4)5;1-12(2)11-14-7-6-8-15(10-9-14)13(3,4)5;2*1-11(2)12-6-8-14(9-7-12)10-13(3,4)5;2*1-11(2)14-8-6-12(7-9-14)10-13(3,4)5;1-11(2)14-8-6-13(7-9-14)10-12(3,4)5;7*1-2;/h6-9,11H,10H2,1-5H3;12H,6-11H2,1-5H3;11-12H,6-10H2,1-5H3;6,11H,7-10H2,1-5H3;11-12H,6-10H2,1-5H3;6,11H,7-10H2,1-5H3;11H,6-10H2,1-5H3;7*1-2H3;1H4. The van der Waals surface area contributed by atoms with Crippen LogP contribution in [0.25, 0.3) is 0 Å². The second-order valence-electron chi connectivity index (χ2n) is 42.5. The molecule has 4 fully saturated rings. The van der Waals surface area contributed by atoms with Crippen LogP contribution >= 0.6 is 0 Å². The van der Waals surface area contributed by atoms with Gasteiger partial charge in [0.05, 0.1) is 0 Å². The highest BCUT2D eigenvalue weighted by atomic mass is 15.3. The van der Waals surface area contributed by atoms with Crippen LogP contribution in [0, 0.1) is 62.1 Å². The summed E-state index contributed by atoms with van der Waals surface area (Å²) in [4.78, 5) is 20.7. The van der Waals surface area contributed by atoms with Crippen LogP contribution in [0.4, 0.5) is 0 Å².